The molecule has 0 spiro atoms. The van der Waals surface area contributed by atoms with Gasteiger partial charge in [-0.2, -0.15) is 0 Å². The van der Waals surface area contributed by atoms with Gasteiger partial charge in [0.15, 0.2) is 6.10 Å². The number of sulfonamides is 1. The summed E-state index contributed by atoms with van der Waals surface area (Å²) in [6.45, 7) is 3.42. The first-order valence-corrected chi connectivity index (χ1v) is 12.4. The molecule has 0 aliphatic carbocycles. The highest BCUT2D eigenvalue weighted by Gasteiger charge is 2.24. The summed E-state index contributed by atoms with van der Waals surface area (Å²) in [5, 5.41) is 2.64. The van der Waals surface area contributed by atoms with Crippen molar-refractivity contribution in [1.82, 2.24) is 19.9 Å². The van der Waals surface area contributed by atoms with Crippen molar-refractivity contribution in [3.05, 3.63) is 78.4 Å². The maximum absolute atomic E-state index is 12.8. The Hall–Kier alpha value is -4.45. The highest BCUT2D eigenvalue weighted by molar-refractivity contribution is 7.92. The summed E-state index contributed by atoms with van der Waals surface area (Å²) in [7, 11) is -3.93. The number of fused-ring (bicyclic) bond motifs is 1. The van der Waals surface area contributed by atoms with Gasteiger partial charge >= 0.3 is 5.97 Å². The van der Waals surface area contributed by atoms with Gasteiger partial charge in [-0.15, -0.1) is 0 Å². The fourth-order valence-corrected chi connectivity index (χ4v) is 4.24. The molecule has 4 rings (SSSR count). The molecule has 1 amide bonds. The summed E-state index contributed by atoms with van der Waals surface area (Å²) >= 11 is 0. The minimum absolute atomic E-state index is 0.0406. The zero-order chi connectivity index (χ0) is 25.7. The van der Waals surface area contributed by atoms with E-state index in [1.807, 2.05) is 0 Å². The predicted molar refractivity (Wildman–Crippen MR) is 132 cm³/mol. The Labute approximate surface area is 207 Å². The fraction of sp³-hybridized carbons (Fsp3) is 0.167. The summed E-state index contributed by atoms with van der Waals surface area (Å²) in [6, 6.07) is 12.1. The molecule has 4 aromatic rings. The van der Waals surface area contributed by atoms with Crippen molar-refractivity contribution in [1.29, 1.82) is 0 Å². The molecule has 2 heterocycles. The zero-order valence-corrected chi connectivity index (χ0v) is 20.2. The number of esters is 1. The average Bonchev–Trinajstić information content (AvgIpc) is 2.86. The molecular formula is C24H22N6O5S. The molecule has 0 fully saturated rings. The molecule has 0 saturated heterocycles. The number of amides is 1. The lowest BCUT2D eigenvalue weighted by atomic mass is 10.1. The van der Waals surface area contributed by atoms with Gasteiger partial charge in [-0.3, -0.25) is 14.8 Å². The lowest BCUT2D eigenvalue weighted by molar-refractivity contribution is -0.124. The molecule has 0 radical (unpaired) electrons. The lowest BCUT2D eigenvalue weighted by Crippen LogP contribution is -2.32. The molecule has 0 aliphatic rings. The van der Waals surface area contributed by atoms with E-state index in [4.69, 9.17) is 4.74 Å². The number of nitrogens with zero attached hydrogens (tertiary/aromatic N) is 4. The molecule has 12 heteroatoms. The SMILES string of the molecule is CCC(OC(=O)c1cccc2nccnc12)C(=O)Nc1ccc(S(=O)(=O)Nc2nccc(C)n2)cc1. The van der Waals surface area contributed by atoms with Gasteiger partial charge in [0, 0.05) is 30.0 Å². The van der Waals surface area contributed by atoms with Crippen LogP contribution in [0.2, 0.25) is 0 Å². The van der Waals surface area contributed by atoms with Crippen LogP contribution in [0.4, 0.5) is 11.6 Å². The summed E-state index contributed by atoms with van der Waals surface area (Å²) in [5.41, 5.74) is 2.05. The zero-order valence-electron chi connectivity index (χ0n) is 19.4. The van der Waals surface area contributed by atoms with Gasteiger partial charge in [0.25, 0.3) is 15.9 Å². The molecule has 2 aromatic carbocycles. The van der Waals surface area contributed by atoms with Crippen LogP contribution < -0.4 is 10.0 Å². The number of nitrogens with one attached hydrogen (secondary N) is 2. The maximum Gasteiger partial charge on any atom is 0.341 e. The Morgan fingerprint density at radius 2 is 1.72 bits per heavy atom. The van der Waals surface area contributed by atoms with Crippen molar-refractivity contribution >= 4 is 44.6 Å². The highest BCUT2D eigenvalue weighted by Crippen LogP contribution is 2.19. The topological polar surface area (TPSA) is 153 Å². The van der Waals surface area contributed by atoms with Crippen LogP contribution >= 0.6 is 0 Å². The molecule has 0 saturated carbocycles. The van der Waals surface area contributed by atoms with Gasteiger partial charge in [0.2, 0.25) is 5.95 Å². The van der Waals surface area contributed by atoms with E-state index >= 15 is 0 Å². The standard InChI is InChI=1S/C24H22N6O5S/c1-3-20(35-23(32)18-5-4-6-19-21(18)26-14-13-25-19)22(31)29-16-7-9-17(10-8-16)36(33,34)30-24-27-12-11-15(2)28-24/h4-14,20H,3H2,1-2H3,(H,29,31)(H,27,28,30). The third-order valence-electron chi connectivity index (χ3n) is 5.08. The number of aryl methyl sites for hydroxylation is 1. The number of carbonyl (C=O) groups excluding carboxylic acids is 2. The summed E-state index contributed by atoms with van der Waals surface area (Å²) in [4.78, 5) is 41.7. The van der Waals surface area contributed by atoms with Crippen molar-refractivity contribution in [3.63, 3.8) is 0 Å². The maximum atomic E-state index is 12.8. The van der Waals surface area contributed by atoms with Crippen LogP contribution in [-0.4, -0.2) is 46.3 Å². The quantitative estimate of drug-likeness (QED) is 0.343. The van der Waals surface area contributed by atoms with Crippen molar-refractivity contribution < 1.29 is 22.7 Å². The monoisotopic (exact) mass is 506 g/mol. The lowest BCUT2D eigenvalue weighted by Gasteiger charge is -2.16. The van der Waals surface area contributed by atoms with E-state index < -0.39 is 28.0 Å². The van der Waals surface area contributed by atoms with E-state index in [1.54, 1.807) is 38.1 Å². The Kier molecular flexibility index (Phi) is 7.15. The number of hydrogen-bond acceptors (Lipinski definition) is 9. The van der Waals surface area contributed by atoms with Crippen molar-refractivity contribution in [2.75, 3.05) is 10.0 Å². The molecular weight excluding hydrogens is 484 g/mol. The Balaban J connectivity index is 1.43. The van der Waals surface area contributed by atoms with Gasteiger partial charge in [0.1, 0.15) is 5.52 Å². The van der Waals surface area contributed by atoms with E-state index in [-0.39, 0.29) is 22.8 Å². The van der Waals surface area contributed by atoms with E-state index in [1.165, 1.54) is 42.9 Å². The highest BCUT2D eigenvalue weighted by atomic mass is 32.2. The van der Waals surface area contributed by atoms with Crippen LogP contribution in [-0.2, 0) is 19.6 Å². The minimum atomic E-state index is -3.93. The third-order valence-corrected chi connectivity index (χ3v) is 6.43. The first kappa shape index (κ1) is 24.7. The van der Waals surface area contributed by atoms with Gasteiger partial charge < -0.3 is 10.1 Å². The van der Waals surface area contributed by atoms with Crippen LogP contribution in [0.3, 0.4) is 0 Å². The number of ether oxygens (including phenoxy) is 1. The van der Waals surface area contributed by atoms with Crippen LogP contribution in [0.5, 0.6) is 0 Å². The van der Waals surface area contributed by atoms with E-state index in [0.717, 1.165) is 0 Å². The molecule has 2 aromatic heterocycles. The van der Waals surface area contributed by atoms with Crippen LogP contribution in [0.15, 0.2) is 72.0 Å². The normalized spacial score (nSPS) is 12.1. The van der Waals surface area contributed by atoms with Crippen LogP contribution in [0.25, 0.3) is 11.0 Å². The van der Waals surface area contributed by atoms with Crippen molar-refractivity contribution in [2.45, 2.75) is 31.3 Å². The largest absolute Gasteiger partial charge is 0.449 e. The number of para-hydroxylation sites is 1. The minimum Gasteiger partial charge on any atom is -0.449 e. The van der Waals surface area contributed by atoms with Crippen LogP contribution in [0.1, 0.15) is 29.4 Å². The molecule has 0 bridgehead atoms. The Morgan fingerprint density at radius 3 is 2.44 bits per heavy atom. The van der Waals surface area contributed by atoms with Gasteiger partial charge in [-0.1, -0.05) is 13.0 Å². The molecule has 0 aliphatic heterocycles. The molecule has 1 unspecified atom stereocenters. The second kappa shape index (κ2) is 10.4. The van der Waals surface area contributed by atoms with Crippen molar-refractivity contribution in [2.24, 2.45) is 0 Å². The number of aromatic nitrogens is 4. The molecule has 1 atom stereocenters. The summed E-state index contributed by atoms with van der Waals surface area (Å²) < 4.78 is 33.0. The van der Waals surface area contributed by atoms with E-state index in [0.29, 0.717) is 22.4 Å². The number of rotatable bonds is 8. The third kappa shape index (κ3) is 5.61. The Morgan fingerprint density at radius 1 is 0.972 bits per heavy atom. The number of anilines is 2. The number of benzene rings is 2. The van der Waals surface area contributed by atoms with Gasteiger partial charge in [-0.05, 0) is 55.8 Å². The van der Waals surface area contributed by atoms with Gasteiger partial charge in [-0.25, -0.2) is 27.9 Å². The van der Waals surface area contributed by atoms with E-state index in [9.17, 15) is 18.0 Å². The summed E-state index contributed by atoms with van der Waals surface area (Å²) in [6.07, 6.45) is 3.58. The van der Waals surface area contributed by atoms with E-state index in [2.05, 4.69) is 30.0 Å². The number of hydrogen-bond donors (Lipinski definition) is 2. The second-order valence-electron chi connectivity index (χ2n) is 7.67. The first-order valence-electron chi connectivity index (χ1n) is 10.9. The second-order valence-corrected chi connectivity index (χ2v) is 9.36. The Bertz CT molecular complexity index is 1520. The summed E-state index contributed by atoms with van der Waals surface area (Å²) in [5.74, 6) is -1.30. The molecule has 36 heavy (non-hydrogen) atoms. The molecule has 184 valence electrons. The fourth-order valence-electron chi connectivity index (χ4n) is 3.29. The smallest absolute Gasteiger partial charge is 0.341 e. The average molecular weight is 507 g/mol. The predicted octanol–water partition coefficient (Wildman–Crippen LogP) is 3.10. The molecule has 2 N–H and O–H groups in total. The van der Waals surface area contributed by atoms with Crippen LogP contribution in [0, 0.1) is 6.92 Å². The number of carbonyl (C=O) groups is 2. The van der Waals surface area contributed by atoms with Crippen molar-refractivity contribution in [3.8, 4) is 0 Å². The first-order chi connectivity index (χ1) is 17.3. The molecule has 11 nitrogen and oxygen atoms in total. The van der Waals surface area contributed by atoms with Gasteiger partial charge in [0.05, 0.1) is 16.0 Å².